The summed E-state index contributed by atoms with van der Waals surface area (Å²) < 4.78 is 0. The molecule has 0 radical (unpaired) electrons. The molecule has 7 heteroatoms. The van der Waals surface area contributed by atoms with E-state index in [1.54, 1.807) is 6.21 Å². The minimum Gasteiger partial charge on any atom is -0.361 e. The largest absolute Gasteiger partial charge is 0.361 e. The van der Waals surface area contributed by atoms with Crippen molar-refractivity contribution >= 4 is 24.2 Å². The van der Waals surface area contributed by atoms with Gasteiger partial charge in [0.2, 0.25) is 0 Å². The smallest absolute Gasteiger partial charge is 0.344 e. The molecule has 0 unspecified atom stereocenters. The maximum Gasteiger partial charge on any atom is 0.344 e. The van der Waals surface area contributed by atoms with Crippen LogP contribution in [0.4, 0.5) is 0 Å². The van der Waals surface area contributed by atoms with E-state index >= 15 is 0 Å². The molecule has 116 valence electrons. The number of nitrogens with zero attached hydrogens (tertiary/aromatic N) is 3. The van der Waals surface area contributed by atoms with Gasteiger partial charge in [-0.05, 0) is 32.1 Å². The van der Waals surface area contributed by atoms with Crippen LogP contribution in [-0.4, -0.2) is 35.6 Å². The summed E-state index contributed by atoms with van der Waals surface area (Å²) in [6.07, 6.45) is 6.33. The lowest BCUT2D eigenvalue weighted by Crippen LogP contribution is -2.35. The van der Waals surface area contributed by atoms with Gasteiger partial charge in [-0.1, -0.05) is 18.9 Å². The van der Waals surface area contributed by atoms with Crippen molar-refractivity contribution in [3.63, 3.8) is 0 Å². The van der Waals surface area contributed by atoms with Crippen LogP contribution in [0.25, 0.3) is 5.53 Å². The second-order valence-electron chi connectivity index (χ2n) is 5.00. The quantitative estimate of drug-likeness (QED) is 0.208. The fourth-order valence-corrected chi connectivity index (χ4v) is 1.53. The highest BCUT2D eigenvalue weighted by Gasteiger charge is 2.05. The first-order chi connectivity index (χ1) is 9.95. The summed E-state index contributed by atoms with van der Waals surface area (Å²) in [5.74, 6) is -0.603. The Labute approximate surface area is 125 Å². The van der Waals surface area contributed by atoms with E-state index in [0.717, 1.165) is 25.7 Å². The molecule has 0 spiro atoms. The van der Waals surface area contributed by atoms with Gasteiger partial charge in [0, 0.05) is 6.21 Å². The zero-order valence-corrected chi connectivity index (χ0v) is 12.6. The van der Waals surface area contributed by atoms with Crippen LogP contribution < -0.4 is 10.7 Å². The third kappa shape index (κ3) is 12.5. The topological polar surface area (TPSA) is 107 Å². The van der Waals surface area contributed by atoms with Crippen LogP contribution >= 0.6 is 0 Å². The van der Waals surface area contributed by atoms with Gasteiger partial charge < -0.3 is 10.8 Å². The molecule has 21 heavy (non-hydrogen) atoms. The standard InChI is InChI=1S/C14H23N5O2/c1-11(2)5-4-6-12(3)7-8-18-19-14(21)9-16-13(20)10-17-15/h8,10,12H,1,4-7,9H2,2-3H3,(H,16,20)(H,19,21)/b18-8-/t12-/m1/s1. The number of hydrazone groups is 1. The summed E-state index contributed by atoms with van der Waals surface area (Å²) in [4.78, 5) is 24.7. The van der Waals surface area contributed by atoms with Crippen LogP contribution in [0.3, 0.4) is 0 Å². The molecule has 0 bridgehead atoms. The number of carbonyl (C=O) groups excluding carboxylic acids is 2. The minimum atomic E-state index is -0.650. The van der Waals surface area contributed by atoms with Crippen molar-refractivity contribution in [2.45, 2.75) is 39.5 Å². The lowest BCUT2D eigenvalue weighted by atomic mass is 10.00. The molecular formula is C14H23N5O2. The van der Waals surface area contributed by atoms with Crippen LogP contribution in [0.2, 0.25) is 0 Å². The molecule has 0 aromatic rings. The fraction of sp³-hybridized carbons (Fsp3) is 0.571. The average Bonchev–Trinajstić information content (AvgIpc) is 2.41. The lowest BCUT2D eigenvalue weighted by Gasteiger charge is -2.07. The SMILES string of the molecule is C=C(C)CCC[C@@H](C)C/C=N\NC(=O)CNC(=O)C=[N+]=[N-]. The zero-order valence-electron chi connectivity index (χ0n) is 12.6. The van der Waals surface area contributed by atoms with Crippen molar-refractivity contribution in [2.75, 3.05) is 6.54 Å². The predicted molar refractivity (Wildman–Crippen MR) is 81.8 cm³/mol. The third-order valence-corrected chi connectivity index (χ3v) is 2.69. The molecule has 0 saturated carbocycles. The summed E-state index contributed by atoms with van der Waals surface area (Å²) >= 11 is 0. The van der Waals surface area contributed by atoms with Gasteiger partial charge in [0.1, 0.15) is 0 Å². The molecule has 1 atom stereocenters. The first kappa shape index (κ1) is 18.7. The van der Waals surface area contributed by atoms with Crippen LogP contribution in [-0.2, 0) is 9.59 Å². The maximum absolute atomic E-state index is 11.3. The summed E-state index contributed by atoms with van der Waals surface area (Å²) in [6, 6.07) is 0. The average molecular weight is 293 g/mol. The molecule has 0 aromatic heterocycles. The summed E-state index contributed by atoms with van der Waals surface area (Å²) in [5.41, 5.74) is 11.6. The molecule has 2 amide bonds. The Kier molecular flexibility index (Phi) is 10.3. The minimum absolute atomic E-state index is 0.226. The van der Waals surface area contributed by atoms with E-state index in [9.17, 15) is 9.59 Å². The number of allylic oxidation sites excluding steroid dienone is 1. The highest BCUT2D eigenvalue weighted by atomic mass is 16.2. The Morgan fingerprint density at radius 3 is 2.81 bits per heavy atom. The van der Waals surface area contributed by atoms with E-state index in [4.69, 9.17) is 5.53 Å². The van der Waals surface area contributed by atoms with Gasteiger partial charge in [0.05, 0.1) is 6.54 Å². The summed E-state index contributed by atoms with van der Waals surface area (Å²) in [7, 11) is 0. The van der Waals surface area contributed by atoms with Crippen molar-refractivity contribution in [2.24, 2.45) is 11.0 Å². The van der Waals surface area contributed by atoms with Gasteiger partial charge in [0.15, 0.2) is 0 Å². The Bertz CT molecular complexity index is 439. The molecule has 0 aromatic carbocycles. The number of amides is 2. The lowest BCUT2D eigenvalue weighted by molar-refractivity contribution is -0.124. The van der Waals surface area contributed by atoms with E-state index in [-0.39, 0.29) is 6.54 Å². The number of nitrogens with one attached hydrogen (secondary N) is 2. The van der Waals surface area contributed by atoms with Crippen molar-refractivity contribution in [3.05, 3.63) is 17.7 Å². The summed E-state index contributed by atoms with van der Waals surface area (Å²) in [5, 5.41) is 6.03. The molecule has 0 rings (SSSR count). The second-order valence-corrected chi connectivity index (χ2v) is 5.00. The van der Waals surface area contributed by atoms with Gasteiger partial charge in [-0.25, -0.2) is 5.43 Å². The maximum atomic E-state index is 11.3. The van der Waals surface area contributed by atoms with Crippen molar-refractivity contribution in [1.82, 2.24) is 10.7 Å². The van der Waals surface area contributed by atoms with E-state index in [1.807, 2.05) is 6.92 Å². The van der Waals surface area contributed by atoms with E-state index in [0.29, 0.717) is 12.1 Å². The summed E-state index contributed by atoms with van der Waals surface area (Å²) in [6.45, 7) is 7.78. The molecule has 7 nitrogen and oxygen atoms in total. The second kappa shape index (κ2) is 11.5. The number of carbonyl (C=O) groups is 2. The van der Waals surface area contributed by atoms with Gasteiger partial charge in [-0.15, -0.1) is 6.58 Å². The number of hydrogen-bond donors (Lipinski definition) is 2. The van der Waals surface area contributed by atoms with Crippen molar-refractivity contribution in [3.8, 4) is 0 Å². The van der Waals surface area contributed by atoms with Gasteiger partial charge >= 0.3 is 12.1 Å². The van der Waals surface area contributed by atoms with Gasteiger partial charge in [0.25, 0.3) is 5.91 Å². The van der Waals surface area contributed by atoms with Gasteiger partial charge in [-0.2, -0.15) is 9.89 Å². The Balaban J connectivity index is 3.74. The van der Waals surface area contributed by atoms with E-state index in [1.165, 1.54) is 5.57 Å². The van der Waals surface area contributed by atoms with Crippen LogP contribution in [0, 0.1) is 5.92 Å². The molecule has 0 saturated heterocycles. The first-order valence-corrected chi connectivity index (χ1v) is 6.85. The van der Waals surface area contributed by atoms with Crippen molar-refractivity contribution < 1.29 is 14.4 Å². The van der Waals surface area contributed by atoms with E-state index in [2.05, 4.69) is 34.1 Å². The van der Waals surface area contributed by atoms with Crippen LogP contribution in [0.15, 0.2) is 17.3 Å². The number of hydrogen-bond acceptors (Lipinski definition) is 3. The molecule has 0 heterocycles. The predicted octanol–water partition coefficient (Wildman–Crippen LogP) is 1.28. The highest BCUT2D eigenvalue weighted by molar-refractivity contribution is 6.24. The van der Waals surface area contributed by atoms with Crippen LogP contribution in [0.5, 0.6) is 0 Å². The molecule has 0 aliphatic heterocycles. The third-order valence-electron chi connectivity index (χ3n) is 2.69. The fourth-order valence-electron chi connectivity index (χ4n) is 1.53. The molecule has 0 fully saturated rings. The Morgan fingerprint density at radius 2 is 2.19 bits per heavy atom. The molecular weight excluding hydrogens is 270 g/mol. The monoisotopic (exact) mass is 293 g/mol. The zero-order chi connectivity index (χ0) is 16.1. The Morgan fingerprint density at radius 1 is 1.48 bits per heavy atom. The van der Waals surface area contributed by atoms with Gasteiger partial charge in [-0.3, -0.25) is 9.59 Å². The van der Waals surface area contributed by atoms with Crippen LogP contribution in [0.1, 0.15) is 39.5 Å². The molecule has 0 aliphatic rings. The normalized spacial score (nSPS) is 11.5. The first-order valence-electron chi connectivity index (χ1n) is 6.85. The highest BCUT2D eigenvalue weighted by Crippen LogP contribution is 2.12. The Hall–Kier alpha value is -2.27. The van der Waals surface area contributed by atoms with Crippen molar-refractivity contribution in [1.29, 1.82) is 0 Å². The van der Waals surface area contributed by atoms with E-state index < -0.39 is 11.8 Å². The molecule has 0 aliphatic carbocycles. The number of rotatable bonds is 10. The molecule has 2 N–H and O–H groups in total.